The smallest absolute Gasteiger partial charge is 0.407 e. The molecule has 25 heavy (non-hydrogen) atoms. The number of amides is 2. The molecule has 1 unspecified atom stereocenters. The van der Waals surface area contributed by atoms with E-state index in [4.69, 9.17) is 9.15 Å². The average Bonchev–Trinajstić information content (AvgIpc) is 2.95. The van der Waals surface area contributed by atoms with Gasteiger partial charge in [0.2, 0.25) is 0 Å². The molecular weight excluding hydrogens is 322 g/mol. The second-order valence-corrected chi connectivity index (χ2v) is 6.35. The molecule has 0 bridgehead atoms. The van der Waals surface area contributed by atoms with Crippen LogP contribution in [0.5, 0.6) is 0 Å². The summed E-state index contributed by atoms with van der Waals surface area (Å²) in [5.74, 6) is 0.227. The number of hydrogen-bond donors (Lipinski definition) is 2. The number of pyridine rings is 1. The molecule has 136 valence electrons. The van der Waals surface area contributed by atoms with Crippen molar-refractivity contribution in [3.8, 4) is 0 Å². The molecule has 0 aliphatic rings. The van der Waals surface area contributed by atoms with Crippen LogP contribution in [0.3, 0.4) is 0 Å². The van der Waals surface area contributed by atoms with E-state index in [1.807, 2.05) is 13.0 Å². The van der Waals surface area contributed by atoms with Crippen LogP contribution < -0.4 is 10.6 Å². The average molecular weight is 347 g/mol. The maximum absolute atomic E-state index is 12.3. The number of aromatic nitrogens is 1. The lowest BCUT2D eigenvalue weighted by Gasteiger charge is -2.20. The van der Waals surface area contributed by atoms with Crippen molar-refractivity contribution in [1.82, 2.24) is 15.6 Å². The van der Waals surface area contributed by atoms with Crippen molar-refractivity contribution < 1.29 is 18.7 Å². The molecule has 0 saturated heterocycles. The van der Waals surface area contributed by atoms with E-state index in [-0.39, 0.29) is 17.7 Å². The van der Waals surface area contributed by atoms with Gasteiger partial charge in [-0.05, 0) is 38.3 Å². The molecule has 7 heteroatoms. The summed E-state index contributed by atoms with van der Waals surface area (Å²) in [5.41, 5.74) is 2.07. The van der Waals surface area contributed by atoms with Crippen molar-refractivity contribution in [3.05, 3.63) is 29.7 Å². The molecule has 2 heterocycles. The summed E-state index contributed by atoms with van der Waals surface area (Å²) in [6.07, 6.45) is 0.241. The van der Waals surface area contributed by atoms with Crippen LogP contribution in [0.1, 0.15) is 43.4 Å². The molecule has 2 amide bonds. The molecule has 0 fully saturated rings. The van der Waals surface area contributed by atoms with Crippen LogP contribution in [0.4, 0.5) is 4.79 Å². The number of hydrogen-bond acceptors (Lipinski definition) is 5. The van der Waals surface area contributed by atoms with Gasteiger partial charge in [-0.3, -0.25) is 4.79 Å². The van der Waals surface area contributed by atoms with Gasteiger partial charge in [-0.2, -0.15) is 0 Å². The molecule has 7 nitrogen and oxygen atoms in total. The Morgan fingerprint density at radius 1 is 1.32 bits per heavy atom. The number of furan rings is 1. The highest BCUT2D eigenvalue weighted by Gasteiger charge is 2.18. The van der Waals surface area contributed by atoms with Gasteiger partial charge in [-0.1, -0.05) is 13.8 Å². The SMILES string of the molecule is CCOC(=O)NC(CNC(=O)c1cc2nc(C)ccc2o1)CC(C)C. The summed E-state index contributed by atoms with van der Waals surface area (Å²) < 4.78 is 10.4. The summed E-state index contributed by atoms with van der Waals surface area (Å²) in [5, 5.41) is 5.57. The third-order valence-electron chi connectivity index (χ3n) is 3.60. The molecule has 2 rings (SSSR count). The molecule has 0 aromatic carbocycles. The monoisotopic (exact) mass is 347 g/mol. The maximum atomic E-state index is 12.3. The fraction of sp³-hybridized carbons (Fsp3) is 0.500. The van der Waals surface area contributed by atoms with E-state index in [0.717, 1.165) is 12.1 Å². The van der Waals surface area contributed by atoms with Crippen molar-refractivity contribution in [2.75, 3.05) is 13.2 Å². The highest BCUT2D eigenvalue weighted by Crippen LogP contribution is 2.17. The zero-order valence-electron chi connectivity index (χ0n) is 15.1. The summed E-state index contributed by atoms with van der Waals surface area (Å²) in [4.78, 5) is 28.3. The standard InChI is InChI=1S/C18H25N3O4/c1-5-24-18(23)21-13(8-11(2)3)10-19-17(22)16-9-14-15(25-16)7-6-12(4)20-14/h6-7,9,11,13H,5,8,10H2,1-4H3,(H,19,22)(H,21,23). The first-order chi connectivity index (χ1) is 11.9. The number of carbonyl (C=O) groups is 2. The van der Waals surface area contributed by atoms with Gasteiger partial charge < -0.3 is 19.8 Å². The summed E-state index contributed by atoms with van der Waals surface area (Å²) in [7, 11) is 0. The van der Waals surface area contributed by atoms with Gasteiger partial charge in [0, 0.05) is 24.3 Å². The lowest BCUT2D eigenvalue weighted by atomic mass is 10.0. The Balaban J connectivity index is 1.99. The number of rotatable bonds is 7. The van der Waals surface area contributed by atoms with Crippen LogP contribution >= 0.6 is 0 Å². The second-order valence-electron chi connectivity index (χ2n) is 6.35. The molecule has 0 aliphatic carbocycles. The highest BCUT2D eigenvalue weighted by molar-refractivity contribution is 5.95. The van der Waals surface area contributed by atoms with Crippen molar-refractivity contribution in [2.45, 2.75) is 40.2 Å². The van der Waals surface area contributed by atoms with E-state index in [0.29, 0.717) is 30.2 Å². The number of fused-ring (bicyclic) bond motifs is 1. The van der Waals surface area contributed by atoms with Gasteiger partial charge in [0.25, 0.3) is 5.91 Å². The Labute approximate surface area is 147 Å². The Morgan fingerprint density at radius 2 is 2.08 bits per heavy atom. The molecular formula is C18H25N3O4. The molecule has 1 atom stereocenters. The molecule has 0 spiro atoms. The molecule has 0 saturated carbocycles. The minimum Gasteiger partial charge on any atom is -0.450 e. The topological polar surface area (TPSA) is 93.5 Å². The third-order valence-corrected chi connectivity index (χ3v) is 3.60. The quantitative estimate of drug-likeness (QED) is 0.803. The largest absolute Gasteiger partial charge is 0.450 e. The Hall–Kier alpha value is -2.57. The van der Waals surface area contributed by atoms with Crippen molar-refractivity contribution in [1.29, 1.82) is 0 Å². The van der Waals surface area contributed by atoms with E-state index >= 15 is 0 Å². The molecule has 2 aromatic rings. The van der Waals surface area contributed by atoms with E-state index in [2.05, 4.69) is 29.5 Å². The first-order valence-corrected chi connectivity index (χ1v) is 8.47. The maximum Gasteiger partial charge on any atom is 0.407 e. The van der Waals surface area contributed by atoms with Crippen LogP contribution in [-0.4, -0.2) is 36.2 Å². The highest BCUT2D eigenvalue weighted by atomic mass is 16.5. The number of alkyl carbamates (subject to hydrolysis) is 1. The molecule has 2 aromatic heterocycles. The zero-order valence-corrected chi connectivity index (χ0v) is 15.1. The fourth-order valence-electron chi connectivity index (χ4n) is 2.54. The summed E-state index contributed by atoms with van der Waals surface area (Å²) in [6.45, 7) is 8.32. The molecule has 2 N–H and O–H groups in total. The third kappa shape index (κ3) is 5.48. The number of nitrogens with zero attached hydrogens (tertiary/aromatic N) is 1. The van der Waals surface area contributed by atoms with E-state index in [9.17, 15) is 9.59 Å². The number of carbonyl (C=O) groups excluding carboxylic acids is 2. The van der Waals surface area contributed by atoms with Crippen LogP contribution in [0, 0.1) is 12.8 Å². The van der Waals surface area contributed by atoms with Gasteiger partial charge in [0.15, 0.2) is 11.3 Å². The van der Waals surface area contributed by atoms with Gasteiger partial charge in [-0.15, -0.1) is 0 Å². The molecule has 0 radical (unpaired) electrons. The Bertz CT molecular complexity index is 739. The van der Waals surface area contributed by atoms with Crippen molar-refractivity contribution in [2.24, 2.45) is 5.92 Å². The first-order valence-electron chi connectivity index (χ1n) is 8.47. The zero-order chi connectivity index (χ0) is 18.4. The van der Waals surface area contributed by atoms with Gasteiger partial charge in [-0.25, -0.2) is 9.78 Å². The van der Waals surface area contributed by atoms with Gasteiger partial charge >= 0.3 is 6.09 Å². The first kappa shape index (κ1) is 18.8. The predicted molar refractivity (Wildman–Crippen MR) is 94.5 cm³/mol. The van der Waals surface area contributed by atoms with Crippen molar-refractivity contribution in [3.63, 3.8) is 0 Å². The Morgan fingerprint density at radius 3 is 2.76 bits per heavy atom. The normalized spacial score (nSPS) is 12.2. The van der Waals surface area contributed by atoms with Gasteiger partial charge in [0.05, 0.1) is 6.61 Å². The minimum atomic E-state index is -0.481. The number of aryl methyl sites for hydroxylation is 1. The fourth-order valence-corrected chi connectivity index (χ4v) is 2.54. The van der Waals surface area contributed by atoms with Crippen LogP contribution in [0.15, 0.2) is 22.6 Å². The van der Waals surface area contributed by atoms with E-state index < -0.39 is 6.09 Å². The van der Waals surface area contributed by atoms with Gasteiger partial charge in [0.1, 0.15) is 5.52 Å². The lowest BCUT2D eigenvalue weighted by Crippen LogP contribution is -2.44. The van der Waals surface area contributed by atoms with E-state index in [1.165, 1.54) is 0 Å². The number of nitrogens with one attached hydrogen (secondary N) is 2. The van der Waals surface area contributed by atoms with Crippen molar-refractivity contribution >= 4 is 23.1 Å². The van der Waals surface area contributed by atoms with Crippen LogP contribution in [0.25, 0.3) is 11.1 Å². The number of ether oxygens (including phenoxy) is 1. The summed E-state index contributed by atoms with van der Waals surface area (Å²) >= 11 is 0. The summed E-state index contributed by atoms with van der Waals surface area (Å²) in [6, 6.07) is 5.02. The van der Waals surface area contributed by atoms with E-state index in [1.54, 1.807) is 19.1 Å². The minimum absolute atomic E-state index is 0.201. The van der Waals surface area contributed by atoms with Crippen LogP contribution in [0.2, 0.25) is 0 Å². The lowest BCUT2D eigenvalue weighted by molar-refractivity contribution is 0.0919. The second kappa shape index (κ2) is 8.50. The predicted octanol–water partition coefficient (Wildman–Crippen LogP) is 3.03. The Kier molecular flexibility index (Phi) is 6.38. The molecule has 0 aliphatic heterocycles. The van der Waals surface area contributed by atoms with Crippen LogP contribution in [-0.2, 0) is 4.74 Å².